The molecule has 2 heterocycles. The molecule has 1 N–H and O–H groups in total. The van der Waals surface area contributed by atoms with E-state index >= 15 is 0 Å². The van der Waals surface area contributed by atoms with Gasteiger partial charge in [-0.15, -0.1) is 11.3 Å². The molecule has 0 spiro atoms. The molecule has 1 aromatic heterocycles. The predicted molar refractivity (Wildman–Crippen MR) is 89.5 cm³/mol. The maximum absolute atomic E-state index is 13.2. The molecule has 126 valence electrons. The number of anilines is 1. The molecule has 1 aliphatic rings. The fourth-order valence-corrected chi connectivity index (χ4v) is 3.27. The summed E-state index contributed by atoms with van der Waals surface area (Å²) in [7, 11) is 0. The lowest BCUT2D eigenvalue weighted by atomic mass is 10.2. The molecule has 1 saturated heterocycles. The Labute approximate surface area is 147 Å². The van der Waals surface area contributed by atoms with Crippen LogP contribution < -0.4 is 5.32 Å². The number of thiophene rings is 1. The lowest BCUT2D eigenvalue weighted by Crippen LogP contribution is -2.54. The van der Waals surface area contributed by atoms with Gasteiger partial charge in [-0.25, -0.2) is 4.39 Å². The van der Waals surface area contributed by atoms with Crippen molar-refractivity contribution < 1.29 is 18.7 Å². The van der Waals surface area contributed by atoms with E-state index in [1.165, 1.54) is 34.4 Å². The molecule has 2 amide bonds. The first kappa shape index (κ1) is 16.9. The summed E-state index contributed by atoms with van der Waals surface area (Å²) in [5.74, 6) is -1.21. The van der Waals surface area contributed by atoms with E-state index in [1.807, 2.05) is 17.5 Å². The van der Waals surface area contributed by atoms with Crippen LogP contribution in [0.5, 0.6) is 0 Å². The molecule has 1 fully saturated rings. The molecule has 1 aromatic carbocycles. The second-order valence-electron chi connectivity index (χ2n) is 5.25. The van der Waals surface area contributed by atoms with Crippen molar-refractivity contribution in [3.8, 4) is 0 Å². The number of hydrogen-bond acceptors (Lipinski definition) is 4. The van der Waals surface area contributed by atoms with E-state index in [-0.39, 0.29) is 24.1 Å². The van der Waals surface area contributed by atoms with Crippen LogP contribution in [-0.2, 0) is 20.9 Å². The molecule has 0 bridgehead atoms. The fraction of sp³-hybridized carbons (Fsp3) is 0.250. The summed E-state index contributed by atoms with van der Waals surface area (Å²) in [6.07, 6.45) is 0. The van der Waals surface area contributed by atoms with E-state index in [1.54, 1.807) is 0 Å². The zero-order valence-electron chi connectivity index (χ0n) is 12.5. The summed E-state index contributed by atoms with van der Waals surface area (Å²) in [6.45, 7) is 0.414. The second kappa shape index (κ2) is 7.29. The highest BCUT2D eigenvalue weighted by molar-refractivity contribution is 7.09. The number of ether oxygens (including phenoxy) is 1. The summed E-state index contributed by atoms with van der Waals surface area (Å²) in [5.41, 5.74) is 0.362. The molecule has 24 heavy (non-hydrogen) atoms. The van der Waals surface area contributed by atoms with Crippen LogP contribution in [0.15, 0.2) is 35.7 Å². The summed E-state index contributed by atoms with van der Waals surface area (Å²) in [6, 6.07) is 6.95. The Morgan fingerprint density at radius 2 is 2.29 bits per heavy atom. The number of nitrogens with zero attached hydrogens (tertiary/aromatic N) is 1. The molecule has 0 saturated carbocycles. The molecule has 1 aliphatic heterocycles. The van der Waals surface area contributed by atoms with Crippen LogP contribution >= 0.6 is 22.9 Å². The summed E-state index contributed by atoms with van der Waals surface area (Å²) < 4.78 is 18.4. The number of halogens is 2. The smallest absolute Gasteiger partial charge is 0.249 e. The first-order valence-electron chi connectivity index (χ1n) is 7.20. The number of amides is 2. The minimum absolute atomic E-state index is 0.0441. The summed E-state index contributed by atoms with van der Waals surface area (Å²) >= 11 is 7.23. The minimum atomic E-state index is -0.753. The second-order valence-corrected chi connectivity index (χ2v) is 6.69. The predicted octanol–water partition coefficient (Wildman–Crippen LogP) is 2.91. The largest absolute Gasteiger partial charge is 0.369 e. The number of rotatable bonds is 4. The Hall–Kier alpha value is -1.96. The van der Waals surface area contributed by atoms with Gasteiger partial charge in [0, 0.05) is 10.6 Å². The van der Waals surface area contributed by atoms with Gasteiger partial charge in [-0.05, 0) is 29.6 Å². The molecule has 0 unspecified atom stereocenters. The van der Waals surface area contributed by atoms with Crippen molar-refractivity contribution in [2.45, 2.75) is 12.6 Å². The quantitative estimate of drug-likeness (QED) is 0.902. The number of nitrogens with one attached hydrogen (secondary N) is 1. The molecule has 2 aromatic rings. The average molecular weight is 369 g/mol. The Balaban J connectivity index is 1.75. The first-order chi connectivity index (χ1) is 11.5. The molecule has 5 nitrogen and oxygen atoms in total. The zero-order valence-corrected chi connectivity index (χ0v) is 14.1. The Bertz CT molecular complexity index is 754. The third kappa shape index (κ3) is 3.75. The van der Waals surface area contributed by atoms with E-state index in [0.717, 1.165) is 4.88 Å². The van der Waals surface area contributed by atoms with E-state index in [4.69, 9.17) is 16.3 Å². The number of benzene rings is 1. The van der Waals surface area contributed by atoms with Crippen LogP contribution in [0.25, 0.3) is 0 Å². The van der Waals surface area contributed by atoms with Crippen molar-refractivity contribution in [1.29, 1.82) is 0 Å². The molecule has 3 rings (SSSR count). The van der Waals surface area contributed by atoms with Gasteiger partial charge < -0.3 is 15.0 Å². The van der Waals surface area contributed by atoms with Crippen LogP contribution in [-0.4, -0.2) is 36.0 Å². The Morgan fingerprint density at radius 1 is 1.46 bits per heavy atom. The molecular formula is C16H14ClFN2O3S. The lowest BCUT2D eigenvalue weighted by molar-refractivity contribution is -0.153. The van der Waals surface area contributed by atoms with Gasteiger partial charge in [0.2, 0.25) is 11.8 Å². The van der Waals surface area contributed by atoms with Crippen molar-refractivity contribution in [3.63, 3.8) is 0 Å². The average Bonchev–Trinajstić information content (AvgIpc) is 3.06. The van der Waals surface area contributed by atoms with Crippen LogP contribution in [0.4, 0.5) is 10.1 Å². The summed E-state index contributed by atoms with van der Waals surface area (Å²) in [4.78, 5) is 27.1. The molecular weight excluding hydrogens is 355 g/mol. The van der Waals surface area contributed by atoms with Gasteiger partial charge in [0.05, 0.1) is 18.2 Å². The number of carbonyl (C=O) groups excluding carboxylic acids is 2. The van der Waals surface area contributed by atoms with Crippen molar-refractivity contribution >= 4 is 40.4 Å². The maximum Gasteiger partial charge on any atom is 0.249 e. The highest BCUT2D eigenvalue weighted by atomic mass is 35.5. The molecule has 0 radical (unpaired) electrons. The van der Waals surface area contributed by atoms with Crippen molar-refractivity contribution in [2.75, 3.05) is 18.5 Å². The highest BCUT2D eigenvalue weighted by Crippen LogP contribution is 2.21. The van der Waals surface area contributed by atoms with Gasteiger partial charge in [-0.1, -0.05) is 17.7 Å². The minimum Gasteiger partial charge on any atom is -0.369 e. The van der Waals surface area contributed by atoms with Gasteiger partial charge in [0.25, 0.3) is 0 Å². The van der Waals surface area contributed by atoms with Crippen LogP contribution in [0.3, 0.4) is 0 Å². The van der Waals surface area contributed by atoms with Gasteiger partial charge in [0.1, 0.15) is 18.5 Å². The van der Waals surface area contributed by atoms with E-state index in [9.17, 15) is 14.0 Å². The van der Waals surface area contributed by atoms with E-state index in [0.29, 0.717) is 12.2 Å². The molecule has 0 aliphatic carbocycles. The van der Waals surface area contributed by atoms with Gasteiger partial charge in [-0.3, -0.25) is 9.59 Å². The van der Waals surface area contributed by atoms with Crippen molar-refractivity contribution in [3.05, 3.63) is 51.4 Å². The monoisotopic (exact) mass is 368 g/mol. The normalized spacial score (nSPS) is 17.8. The Morgan fingerprint density at radius 3 is 3.00 bits per heavy atom. The Kier molecular flexibility index (Phi) is 5.13. The zero-order chi connectivity index (χ0) is 17.1. The fourth-order valence-electron chi connectivity index (χ4n) is 2.39. The molecule has 8 heteroatoms. The third-order valence-electron chi connectivity index (χ3n) is 3.59. The van der Waals surface area contributed by atoms with Crippen LogP contribution in [0.1, 0.15) is 4.88 Å². The topological polar surface area (TPSA) is 58.6 Å². The maximum atomic E-state index is 13.2. The molecule has 1 atom stereocenters. The lowest BCUT2D eigenvalue weighted by Gasteiger charge is -2.34. The standard InChI is InChI=1S/C16H14ClFN2O3S/c17-12-6-10(3-4-13(12)18)19-16(22)14-8-23-9-15(21)20(14)7-11-2-1-5-24-11/h1-6,14H,7-9H2,(H,19,22)/t14-/m1/s1. The van der Waals surface area contributed by atoms with Crippen LogP contribution in [0.2, 0.25) is 5.02 Å². The number of morpholine rings is 1. The van der Waals surface area contributed by atoms with Crippen LogP contribution in [0, 0.1) is 5.82 Å². The van der Waals surface area contributed by atoms with Crippen molar-refractivity contribution in [1.82, 2.24) is 4.90 Å². The van der Waals surface area contributed by atoms with Gasteiger partial charge in [-0.2, -0.15) is 0 Å². The van der Waals surface area contributed by atoms with Gasteiger partial charge >= 0.3 is 0 Å². The highest BCUT2D eigenvalue weighted by Gasteiger charge is 2.34. The SMILES string of the molecule is O=C(Nc1ccc(F)c(Cl)c1)[C@H]1COCC(=O)N1Cc1cccs1. The van der Waals surface area contributed by atoms with Crippen molar-refractivity contribution in [2.24, 2.45) is 0 Å². The first-order valence-corrected chi connectivity index (χ1v) is 8.46. The van der Waals surface area contributed by atoms with E-state index < -0.39 is 17.8 Å². The summed E-state index contributed by atoms with van der Waals surface area (Å²) in [5, 5.41) is 4.48. The number of carbonyl (C=O) groups is 2. The third-order valence-corrected chi connectivity index (χ3v) is 4.74. The van der Waals surface area contributed by atoms with E-state index in [2.05, 4.69) is 5.32 Å². The number of hydrogen-bond donors (Lipinski definition) is 1. The van der Waals surface area contributed by atoms with Gasteiger partial charge in [0.15, 0.2) is 0 Å².